The fourth-order valence-corrected chi connectivity index (χ4v) is 3.05. The molecule has 18 heavy (non-hydrogen) atoms. The Labute approximate surface area is 109 Å². The molecule has 1 nitrogen and oxygen atoms in total. The van der Waals surface area contributed by atoms with Crippen molar-refractivity contribution in [3.8, 4) is 0 Å². The van der Waals surface area contributed by atoms with Crippen LogP contribution in [0.15, 0.2) is 42.5 Å². The van der Waals surface area contributed by atoms with Crippen LogP contribution in [0.2, 0.25) is 0 Å². The highest BCUT2D eigenvalue weighted by Crippen LogP contribution is 2.32. The molecule has 1 heteroatoms. The zero-order chi connectivity index (χ0) is 12.5. The number of benzene rings is 2. The van der Waals surface area contributed by atoms with E-state index in [1.807, 2.05) is 0 Å². The van der Waals surface area contributed by atoms with E-state index < -0.39 is 0 Å². The van der Waals surface area contributed by atoms with Gasteiger partial charge in [0.15, 0.2) is 0 Å². The van der Waals surface area contributed by atoms with Crippen molar-refractivity contribution in [1.29, 1.82) is 0 Å². The molecule has 1 aliphatic rings. The lowest BCUT2D eigenvalue weighted by atomic mass is 9.85. The molecule has 0 N–H and O–H groups in total. The van der Waals surface area contributed by atoms with Gasteiger partial charge in [-0.05, 0) is 55.6 Å². The SMILES string of the molecule is C[C@@H]1C[C@@H](c2ccc3ccccc3c2)CCN1C. The Morgan fingerprint density at radius 2 is 1.83 bits per heavy atom. The van der Waals surface area contributed by atoms with Crippen LogP contribution in [-0.2, 0) is 0 Å². The molecule has 94 valence electrons. The van der Waals surface area contributed by atoms with Crippen molar-refractivity contribution in [2.45, 2.75) is 31.7 Å². The highest BCUT2D eigenvalue weighted by atomic mass is 15.1. The minimum Gasteiger partial charge on any atom is -0.304 e. The zero-order valence-electron chi connectivity index (χ0n) is 11.3. The fraction of sp³-hybridized carbons (Fsp3) is 0.412. The molecule has 0 amide bonds. The molecular weight excluding hydrogens is 218 g/mol. The van der Waals surface area contributed by atoms with Crippen molar-refractivity contribution in [2.75, 3.05) is 13.6 Å². The first kappa shape index (κ1) is 11.7. The van der Waals surface area contributed by atoms with Gasteiger partial charge in [0, 0.05) is 6.04 Å². The second-order valence-electron chi connectivity index (χ2n) is 5.66. The Morgan fingerprint density at radius 1 is 1.06 bits per heavy atom. The Balaban J connectivity index is 1.90. The Hall–Kier alpha value is -1.34. The number of rotatable bonds is 1. The van der Waals surface area contributed by atoms with Crippen molar-refractivity contribution < 1.29 is 0 Å². The zero-order valence-corrected chi connectivity index (χ0v) is 11.3. The molecule has 1 heterocycles. The molecule has 0 aliphatic carbocycles. The van der Waals surface area contributed by atoms with Crippen molar-refractivity contribution in [3.63, 3.8) is 0 Å². The summed E-state index contributed by atoms with van der Waals surface area (Å²) in [5, 5.41) is 2.73. The minimum absolute atomic E-state index is 0.704. The normalized spacial score (nSPS) is 25.4. The topological polar surface area (TPSA) is 3.24 Å². The molecule has 2 aromatic carbocycles. The molecule has 1 aliphatic heterocycles. The van der Waals surface area contributed by atoms with E-state index in [9.17, 15) is 0 Å². The van der Waals surface area contributed by atoms with Gasteiger partial charge in [0.2, 0.25) is 0 Å². The van der Waals surface area contributed by atoms with Crippen LogP contribution in [-0.4, -0.2) is 24.5 Å². The predicted octanol–water partition coefficient (Wildman–Crippen LogP) is 4.04. The quantitative estimate of drug-likeness (QED) is 0.726. The fourth-order valence-electron chi connectivity index (χ4n) is 3.05. The number of piperidine rings is 1. The number of hydrogen-bond acceptors (Lipinski definition) is 1. The van der Waals surface area contributed by atoms with Gasteiger partial charge in [0.1, 0.15) is 0 Å². The van der Waals surface area contributed by atoms with Crippen molar-refractivity contribution >= 4 is 10.8 Å². The molecule has 0 radical (unpaired) electrons. The van der Waals surface area contributed by atoms with Crippen LogP contribution in [0.1, 0.15) is 31.2 Å². The van der Waals surface area contributed by atoms with E-state index >= 15 is 0 Å². The lowest BCUT2D eigenvalue weighted by molar-refractivity contribution is 0.183. The van der Waals surface area contributed by atoms with Gasteiger partial charge in [-0.1, -0.05) is 42.5 Å². The lowest BCUT2D eigenvalue weighted by Crippen LogP contribution is -2.36. The lowest BCUT2D eigenvalue weighted by Gasteiger charge is -2.35. The van der Waals surface area contributed by atoms with E-state index in [-0.39, 0.29) is 0 Å². The second-order valence-corrected chi connectivity index (χ2v) is 5.66. The molecule has 0 bridgehead atoms. The van der Waals surface area contributed by atoms with E-state index in [1.165, 1.54) is 35.7 Å². The summed E-state index contributed by atoms with van der Waals surface area (Å²) >= 11 is 0. The molecule has 0 unspecified atom stereocenters. The third-order valence-corrected chi connectivity index (χ3v) is 4.45. The number of fused-ring (bicyclic) bond motifs is 1. The van der Waals surface area contributed by atoms with Crippen molar-refractivity contribution in [1.82, 2.24) is 4.90 Å². The Bertz CT molecular complexity index is 546. The summed E-state index contributed by atoms with van der Waals surface area (Å²) in [4.78, 5) is 2.47. The van der Waals surface area contributed by atoms with E-state index in [1.54, 1.807) is 0 Å². The number of hydrogen-bond donors (Lipinski definition) is 0. The Morgan fingerprint density at radius 3 is 2.61 bits per heavy atom. The number of nitrogens with zero attached hydrogens (tertiary/aromatic N) is 1. The third-order valence-electron chi connectivity index (χ3n) is 4.45. The number of likely N-dealkylation sites (tertiary alicyclic amines) is 1. The molecule has 3 rings (SSSR count). The van der Waals surface area contributed by atoms with Crippen LogP contribution >= 0.6 is 0 Å². The molecule has 0 aromatic heterocycles. The maximum absolute atomic E-state index is 2.47. The predicted molar refractivity (Wildman–Crippen MR) is 78.0 cm³/mol. The van der Waals surface area contributed by atoms with E-state index in [0.29, 0.717) is 6.04 Å². The average Bonchev–Trinajstić information content (AvgIpc) is 2.41. The van der Waals surface area contributed by atoms with Gasteiger partial charge in [0.05, 0.1) is 0 Å². The molecule has 2 aromatic rings. The minimum atomic E-state index is 0.704. The Kier molecular flexibility index (Phi) is 3.09. The van der Waals surface area contributed by atoms with Gasteiger partial charge < -0.3 is 4.90 Å². The highest BCUT2D eigenvalue weighted by Gasteiger charge is 2.23. The van der Waals surface area contributed by atoms with Gasteiger partial charge in [-0.15, -0.1) is 0 Å². The van der Waals surface area contributed by atoms with Gasteiger partial charge in [0.25, 0.3) is 0 Å². The summed E-state index contributed by atoms with van der Waals surface area (Å²) in [5.41, 5.74) is 1.52. The van der Waals surface area contributed by atoms with Crippen LogP contribution in [0.3, 0.4) is 0 Å². The second kappa shape index (κ2) is 4.74. The van der Waals surface area contributed by atoms with Crippen LogP contribution in [0, 0.1) is 0 Å². The first-order valence-corrected chi connectivity index (χ1v) is 6.93. The average molecular weight is 239 g/mol. The molecular formula is C17H21N. The third kappa shape index (κ3) is 2.15. The van der Waals surface area contributed by atoms with Gasteiger partial charge >= 0.3 is 0 Å². The highest BCUT2D eigenvalue weighted by molar-refractivity contribution is 5.83. The maximum Gasteiger partial charge on any atom is 0.00697 e. The summed E-state index contributed by atoms with van der Waals surface area (Å²) < 4.78 is 0. The first-order valence-electron chi connectivity index (χ1n) is 6.93. The van der Waals surface area contributed by atoms with Crippen LogP contribution in [0.25, 0.3) is 10.8 Å². The summed E-state index contributed by atoms with van der Waals surface area (Å²) in [6, 6.07) is 16.3. The smallest absolute Gasteiger partial charge is 0.00697 e. The molecule has 1 fully saturated rings. The summed E-state index contributed by atoms with van der Waals surface area (Å²) in [7, 11) is 2.24. The standard InChI is InChI=1S/C17H21N/c1-13-11-17(9-10-18(13)2)16-8-7-14-5-3-4-6-15(14)12-16/h3-8,12-13,17H,9-11H2,1-2H3/t13-,17+/m1/s1. The van der Waals surface area contributed by atoms with E-state index in [0.717, 1.165) is 5.92 Å². The molecule has 2 atom stereocenters. The van der Waals surface area contributed by atoms with Crippen molar-refractivity contribution in [2.24, 2.45) is 0 Å². The van der Waals surface area contributed by atoms with Crippen LogP contribution in [0.4, 0.5) is 0 Å². The molecule has 0 saturated carbocycles. The van der Waals surface area contributed by atoms with E-state index in [2.05, 4.69) is 61.3 Å². The van der Waals surface area contributed by atoms with Gasteiger partial charge in [-0.2, -0.15) is 0 Å². The molecule has 0 spiro atoms. The summed E-state index contributed by atoms with van der Waals surface area (Å²) in [5.74, 6) is 0.737. The largest absolute Gasteiger partial charge is 0.304 e. The summed E-state index contributed by atoms with van der Waals surface area (Å²) in [6.45, 7) is 3.56. The van der Waals surface area contributed by atoms with Crippen LogP contribution in [0.5, 0.6) is 0 Å². The first-order chi connectivity index (χ1) is 8.74. The van der Waals surface area contributed by atoms with Gasteiger partial charge in [-0.25, -0.2) is 0 Å². The monoisotopic (exact) mass is 239 g/mol. The van der Waals surface area contributed by atoms with Gasteiger partial charge in [-0.3, -0.25) is 0 Å². The summed E-state index contributed by atoms with van der Waals surface area (Å²) in [6.07, 6.45) is 2.58. The van der Waals surface area contributed by atoms with E-state index in [4.69, 9.17) is 0 Å². The maximum atomic E-state index is 2.47. The van der Waals surface area contributed by atoms with Crippen molar-refractivity contribution in [3.05, 3.63) is 48.0 Å². The van der Waals surface area contributed by atoms with Crippen LogP contribution < -0.4 is 0 Å². The molecule has 1 saturated heterocycles.